The van der Waals surface area contributed by atoms with Gasteiger partial charge in [0, 0.05) is 25.2 Å². The molecular weight excluding hydrogens is 371 g/mol. The Labute approximate surface area is 158 Å². The number of sulfonamides is 1. The number of amides is 1. The molecule has 1 saturated heterocycles. The van der Waals surface area contributed by atoms with E-state index in [1.165, 1.54) is 10.4 Å². The number of nitrogens with zero attached hydrogens (tertiary/aromatic N) is 1. The van der Waals surface area contributed by atoms with Gasteiger partial charge >= 0.3 is 0 Å². The molecule has 1 amide bonds. The van der Waals surface area contributed by atoms with Crippen LogP contribution in [0.2, 0.25) is 0 Å². The Morgan fingerprint density at radius 1 is 1.19 bits per heavy atom. The van der Waals surface area contributed by atoms with Crippen LogP contribution in [-0.4, -0.2) is 38.8 Å². The van der Waals surface area contributed by atoms with Gasteiger partial charge in [-0.05, 0) is 48.7 Å². The normalized spacial score (nSPS) is 14.9. The van der Waals surface area contributed by atoms with Crippen molar-refractivity contribution in [1.82, 2.24) is 9.62 Å². The lowest BCUT2D eigenvalue weighted by molar-refractivity contribution is 0.0950. The van der Waals surface area contributed by atoms with Gasteiger partial charge in [-0.3, -0.25) is 4.79 Å². The van der Waals surface area contributed by atoms with Crippen LogP contribution in [0.1, 0.15) is 28.8 Å². The molecule has 0 aliphatic carbocycles. The van der Waals surface area contributed by atoms with Gasteiger partial charge in [-0.25, -0.2) is 12.8 Å². The zero-order valence-electron chi connectivity index (χ0n) is 14.9. The fraction of sp³-hybridized carbons (Fsp3) is 0.316. The second-order valence-corrected chi connectivity index (χ2v) is 8.20. The van der Waals surface area contributed by atoms with Gasteiger partial charge in [-0.15, -0.1) is 0 Å². The lowest BCUT2D eigenvalue weighted by Crippen LogP contribution is -2.29. The molecule has 8 heteroatoms. The molecule has 2 aromatic carbocycles. The number of hydrogen-bond donors (Lipinski definition) is 1. The summed E-state index contributed by atoms with van der Waals surface area (Å²) >= 11 is 0. The summed E-state index contributed by atoms with van der Waals surface area (Å²) in [5.74, 6) is -0.663. The molecule has 1 aliphatic rings. The topological polar surface area (TPSA) is 75.7 Å². The number of methoxy groups -OCH3 is 1. The largest absolute Gasteiger partial charge is 0.497 e. The third-order valence-electron chi connectivity index (χ3n) is 4.46. The number of carbonyl (C=O) groups is 1. The molecule has 27 heavy (non-hydrogen) atoms. The molecule has 0 spiro atoms. The zero-order valence-corrected chi connectivity index (χ0v) is 15.8. The Hall–Kier alpha value is -2.45. The molecule has 1 N–H and O–H groups in total. The van der Waals surface area contributed by atoms with Crippen LogP contribution in [0.3, 0.4) is 0 Å². The molecule has 1 aliphatic heterocycles. The van der Waals surface area contributed by atoms with Crippen LogP contribution in [0.4, 0.5) is 4.39 Å². The van der Waals surface area contributed by atoms with Crippen molar-refractivity contribution in [2.24, 2.45) is 0 Å². The molecule has 6 nitrogen and oxygen atoms in total. The number of carbonyl (C=O) groups excluding carboxylic acids is 1. The van der Waals surface area contributed by atoms with Gasteiger partial charge in [0.2, 0.25) is 10.0 Å². The van der Waals surface area contributed by atoms with Crippen molar-refractivity contribution >= 4 is 15.9 Å². The number of halogens is 1. The highest BCUT2D eigenvalue weighted by Gasteiger charge is 2.30. The van der Waals surface area contributed by atoms with E-state index in [1.54, 1.807) is 25.3 Å². The van der Waals surface area contributed by atoms with Crippen LogP contribution in [0.15, 0.2) is 47.4 Å². The predicted molar refractivity (Wildman–Crippen MR) is 98.6 cm³/mol. The monoisotopic (exact) mass is 392 g/mol. The Bertz CT molecular complexity index is 940. The quantitative estimate of drug-likeness (QED) is 0.820. The molecule has 3 rings (SSSR count). The molecule has 0 radical (unpaired) electrons. The number of benzene rings is 2. The molecule has 144 valence electrons. The average molecular weight is 392 g/mol. The maximum absolute atomic E-state index is 14.2. The summed E-state index contributed by atoms with van der Waals surface area (Å²) in [6.07, 6.45) is 1.50. The van der Waals surface area contributed by atoms with E-state index in [4.69, 9.17) is 4.74 Å². The highest BCUT2D eigenvalue weighted by atomic mass is 32.2. The molecule has 0 saturated carbocycles. The summed E-state index contributed by atoms with van der Waals surface area (Å²) in [6.45, 7) is 0.976. The standard InChI is InChI=1S/C19H21FN2O4S/c1-26-16-6-4-5-14(11-16)13-21-19(23)15-7-8-17(20)18(12-15)27(24,25)22-9-2-3-10-22/h4-8,11-12H,2-3,9-10,13H2,1H3,(H,21,23). The highest BCUT2D eigenvalue weighted by molar-refractivity contribution is 7.89. The summed E-state index contributed by atoms with van der Waals surface area (Å²) in [5, 5.41) is 2.71. The van der Waals surface area contributed by atoms with Crippen LogP contribution < -0.4 is 10.1 Å². The molecule has 1 fully saturated rings. The van der Waals surface area contributed by atoms with Crippen molar-refractivity contribution in [2.45, 2.75) is 24.3 Å². The average Bonchev–Trinajstić information content (AvgIpc) is 3.22. The van der Waals surface area contributed by atoms with Crippen molar-refractivity contribution in [2.75, 3.05) is 20.2 Å². The van der Waals surface area contributed by atoms with Crippen LogP contribution in [-0.2, 0) is 16.6 Å². The molecular formula is C19H21FN2O4S. The van der Waals surface area contributed by atoms with Gasteiger partial charge in [0.1, 0.15) is 16.5 Å². The van der Waals surface area contributed by atoms with Gasteiger partial charge in [0.05, 0.1) is 7.11 Å². The first-order chi connectivity index (χ1) is 12.9. The van der Waals surface area contributed by atoms with Gasteiger partial charge in [0.25, 0.3) is 5.91 Å². The SMILES string of the molecule is COc1cccc(CNC(=O)c2ccc(F)c(S(=O)(=O)N3CCCC3)c2)c1. The van der Waals surface area contributed by atoms with Crippen LogP contribution >= 0.6 is 0 Å². The minimum atomic E-state index is -3.94. The summed E-state index contributed by atoms with van der Waals surface area (Å²) in [6, 6.07) is 10.6. The highest BCUT2D eigenvalue weighted by Crippen LogP contribution is 2.24. The minimum Gasteiger partial charge on any atom is -0.497 e. The lowest BCUT2D eigenvalue weighted by Gasteiger charge is -2.16. The maximum atomic E-state index is 14.2. The van der Waals surface area contributed by atoms with E-state index in [0.29, 0.717) is 18.8 Å². The Morgan fingerprint density at radius 3 is 2.63 bits per heavy atom. The minimum absolute atomic E-state index is 0.0945. The zero-order chi connectivity index (χ0) is 19.4. The molecule has 0 aromatic heterocycles. The number of nitrogens with one attached hydrogen (secondary N) is 1. The molecule has 1 heterocycles. The second-order valence-electron chi connectivity index (χ2n) is 6.29. The Morgan fingerprint density at radius 2 is 1.93 bits per heavy atom. The van der Waals surface area contributed by atoms with Gasteiger partial charge in [-0.2, -0.15) is 4.31 Å². The number of hydrogen-bond acceptors (Lipinski definition) is 4. The van der Waals surface area contributed by atoms with Crippen LogP contribution in [0.5, 0.6) is 5.75 Å². The predicted octanol–water partition coefficient (Wildman–Crippen LogP) is 2.55. The van der Waals surface area contributed by atoms with Gasteiger partial charge in [-0.1, -0.05) is 12.1 Å². The van der Waals surface area contributed by atoms with Crippen molar-refractivity contribution < 1.29 is 22.3 Å². The smallest absolute Gasteiger partial charge is 0.251 e. The summed E-state index contributed by atoms with van der Waals surface area (Å²) in [7, 11) is -2.39. The van der Waals surface area contributed by atoms with E-state index in [1.807, 2.05) is 6.07 Å². The van der Waals surface area contributed by atoms with Crippen molar-refractivity contribution in [3.63, 3.8) is 0 Å². The van der Waals surface area contributed by atoms with E-state index < -0.39 is 26.6 Å². The first kappa shape index (κ1) is 19.3. The molecule has 0 atom stereocenters. The number of rotatable bonds is 6. The lowest BCUT2D eigenvalue weighted by atomic mass is 10.2. The van der Waals surface area contributed by atoms with E-state index in [2.05, 4.69) is 5.32 Å². The summed E-state index contributed by atoms with van der Waals surface area (Å²) < 4.78 is 45.8. The van der Waals surface area contributed by atoms with Crippen LogP contribution in [0, 0.1) is 5.82 Å². The molecule has 2 aromatic rings. The second kappa shape index (κ2) is 8.06. The van der Waals surface area contributed by atoms with E-state index in [9.17, 15) is 17.6 Å². The Balaban J connectivity index is 1.77. The van der Waals surface area contributed by atoms with Crippen LogP contribution in [0.25, 0.3) is 0 Å². The molecule has 0 unspecified atom stereocenters. The van der Waals surface area contributed by atoms with Gasteiger partial charge in [0.15, 0.2) is 0 Å². The summed E-state index contributed by atoms with van der Waals surface area (Å²) in [5.41, 5.74) is 0.923. The van der Waals surface area contributed by atoms with Crippen molar-refractivity contribution in [3.8, 4) is 5.75 Å². The van der Waals surface area contributed by atoms with E-state index >= 15 is 0 Å². The fourth-order valence-corrected chi connectivity index (χ4v) is 4.58. The third kappa shape index (κ3) is 4.28. The number of ether oxygens (including phenoxy) is 1. The summed E-state index contributed by atoms with van der Waals surface area (Å²) in [4.78, 5) is 12.0. The van der Waals surface area contributed by atoms with Crippen molar-refractivity contribution in [1.29, 1.82) is 0 Å². The Kier molecular flexibility index (Phi) is 5.76. The van der Waals surface area contributed by atoms with Crippen molar-refractivity contribution in [3.05, 3.63) is 59.4 Å². The third-order valence-corrected chi connectivity index (χ3v) is 6.38. The van der Waals surface area contributed by atoms with E-state index in [-0.39, 0.29) is 12.1 Å². The van der Waals surface area contributed by atoms with E-state index in [0.717, 1.165) is 30.5 Å². The first-order valence-electron chi connectivity index (χ1n) is 8.62. The fourth-order valence-electron chi connectivity index (χ4n) is 2.98. The first-order valence-corrected chi connectivity index (χ1v) is 10.1. The molecule has 0 bridgehead atoms. The van der Waals surface area contributed by atoms with Gasteiger partial charge < -0.3 is 10.1 Å². The maximum Gasteiger partial charge on any atom is 0.251 e.